The lowest BCUT2D eigenvalue weighted by molar-refractivity contribution is 0.944. The highest BCUT2D eigenvalue weighted by atomic mass is 79.9. The number of hydrogen-bond donors (Lipinski definition) is 0. The van der Waals surface area contributed by atoms with Crippen LogP contribution in [0.3, 0.4) is 0 Å². The van der Waals surface area contributed by atoms with Gasteiger partial charge in [0, 0.05) is 21.7 Å². The minimum absolute atomic E-state index is 0.113. The molecule has 0 amide bonds. The summed E-state index contributed by atoms with van der Waals surface area (Å²) in [4.78, 5) is 4.09. The molecule has 1 atom stereocenters. The van der Waals surface area contributed by atoms with E-state index >= 15 is 0 Å². The van der Waals surface area contributed by atoms with Crippen molar-refractivity contribution in [2.45, 2.75) is 11.2 Å². The van der Waals surface area contributed by atoms with Gasteiger partial charge in [0.05, 0.1) is 10.0 Å². The Morgan fingerprint density at radius 2 is 2.00 bits per heavy atom. The van der Waals surface area contributed by atoms with Gasteiger partial charge in [-0.1, -0.05) is 51.3 Å². The van der Waals surface area contributed by atoms with E-state index in [0.29, 0.717) is 5.02 Å². The standard InChI is InChI=1S/C13H9Br2Cl2N/c14-10-3-1-2-9(13(10)17)11(15)6-8-4-5-18-7-12(8)16/h1-5,7,11H,6H2. The van der Waals surface area contributed by atoms with E-state index in [-0.39, 0.29) is 4.83 Å². The quantitative estimate of drug-likeness (QED) is 0.581. The Morgan fingerprint density at radius 1 is 1.22 bits per heavy atom. The fourth-order valence-electron chi connectivity index (χ4n) is 1.63. The molecule has 1 unspecified atom stereocenters. The lowest BCUT2D eigenvalue weighted by atomic mass is 10.1. The molecular weight excluding hydrogens is 401 g/mol. The number of nitrogens with zero attached hydrogens (tertiary/aromatic N) is 1. The van der Waals surface area contributed by atoms with E-state index in [1.54, 1.807) is 12.4 Å². The molecule has 2 rings (SSSR count). The highest BCUT2D eigenvalue weighted by molar-refractivity contribution is 9.10. The minimum Gasteiger partial charge on any atom is -0.263 e. The molecule has 0 radical (unpaired) electrons. The number of benzene rings is 1. The Hall–Kier alpha value is -0.0900. The number of halogens is 4. The van der Waals surface area contributed by atoms with Crippen molar-refractivity contribution in [1.29, 1.82) is 0 Å². The van der Waals surface area contributed by atoms with E-state index in [0.717, 1.165) is 27.0 Å². The summed E-state index contributed by atoms with van der Waals surface area (Å²) in [5, 5.41) is 1.40. The average Bonchev–Trinajstić information content (AvgIpc) is 2.35. The molecule has 0 spiro atoms. The van der Waals surface area contributed by atoms with Crippen LogP contribution in [0.1, 0.15) is 16.0 Å². The van der Waals surface area contributed by atoms with Crippen LogP contribution < -0.4 is 0 Å². The van der Waals surface area contributed by atoms with Gasteiger partial charge in [-0.3, -0.25) is 4.98 Å². The Morgan fingerprint density at radius 3 is 2.72 bits per heavy atom. The van der Waals surface area contributed by atoms with Crippen molar-refractivity contribution >= 4 is 55.1 Å². The largest absolute Gasteiger partial charge is 0.263 e. The molecule has 0 saturated heterocycles. The van der Waals surface area contributed by atoms with E-state index in [9.17, 15) is 0 Å². The third-order valence-corrected chi connectivity index (χ3v) is 5.04. The number of aromatic nitrogens is 1. The summed E-state index contributed by atoms with van der Waals surface area (Å²) < 4.78 is 0.895. The normalized spacial score (nSPS) is 12.4. The van der Waals surface area contributed by atoms with Crippen LogP contribution in [0, 0.1) is 0 Å². The van der Waals surface area contributed by atoms with Crippen molar-refractivity contribution in [2.24, 2.45) is 0 Å². The van der Waals surface area contributed by atoms with Gasteiger partial charge >= 0.3 is 0 Å². The first-order valence-corrected chi connectivity index (χ1v) is 7.72. The van der Waals surface area contributed by atoms with Gasteiger partial charge in [-0.2, -0.15) is 0 Å². The Bertz CT molecular complexity index is 560. The summed E-state index contributed by atoms with van der Waals surface area (Å²) in [6.07, 6.45) is 4.15. The van der Waals surface area contributed by atoms with E-state index < -0.39 is 0 Å². The molecule has 0 N–H and O–H groups in total. The summed E-state index contributed by atoms with van der Waals surface area (Å²) in [5.41, 5.74) is 2.09. The Kier molecular flexibility index (Phi) is 5.07. The summed E-state index contributed by atoms with van der Waals surface area (Å²) >= 11 is 19.5. The molecule has 0 fully saturated rings. The van der Waals surface area contributed by atoms with E-state index in [1.165, 1.54) is 0 Å². The van der Waals surface area contributed by atoms with Gasteiger partial charge in [0.1, 0.15) is 0 Å². The van der Waals surface area contributed by atoms with Crippen molar-refractivity contribution in [3.05, 3.63) is 62.3 Å². The van der Waals surface area contributed by atoms with Gasteiger partial charge in [0.2, 0.25) is 0 Å². The zero-order valence-corrected chi connectivity index (χ0v) is 13.9. The molecule has 0 aliphatic heterocycles. The van der Waals surface area contributed by atoms with Gasteiger partial charge in [-0.15, -0.1) is 0 Å². The molecule has 5 heteroatoms. The number of alkyl halides is 1. The first-order valence-electron chi connectivity index (χ1n) is 5.26. The van der Waals surface area contributed by atoms with Crippen molar-refractivity contribution in [3.63, 3.8) is 0 Å². The predicted octanol–water partition coefficient (Wildman–Crippen LogP) is 5.83. The highest BCUT2D eigenvalue weighted by Gasteiger charge is 2.15. The molecule has 0 saturated carbocycles. The molecule has 1 aromatic heterocycles. The molecule has 0 bridgehead atoms. The smallest absolute Gasteiger partial charge is 0.0621 e. The number of rotatable bonds is 3. The molecule has 1 aromatic carbocycles. The molecule has 2 aromatic rings. The van der Waals surface area contributed by atoms with Crippen LogP contribution in [0.4, 0.5) is 0 Å². The lowest BCUT2D eigenvalue weighted by Crippen LogP contribution is -1.97. The molecular formula is C13H9Br2Cl2N. The lowest BCUT2D eigenvalue weighted by Gasteiger charge is -2.13. The van der Waals surface area contributed by atoms with Crippen molar-refractivity contribution < 1.29 is 0 Å². The van der Waals surface area contributed by atoms with Crippen LogP contribution in [0.25, 0.3) is 0 Å². The van der Waals surface area contributed by atoms with E-state index in [1.807, 2.05) is 24.3 Å². The zero-order chi connectivity index (χ0) is 13.1. The monoisotopic (exact) mass is 407 g/mol. The molecule has 94 valence electrons. The Labute approximate surface area is 133 Å². The van der Waals surface area contributed by atoms with Crippen LogP contribution in [0.5, 0.6) is 0 Å². The summed E-state index contributed by atoms with van der Waals surface area (Å²) in [5.74, 6) is 0. The zero-order valence-electron chi connectivity index (χ0n) is 9.21. The first kappa shape index (κ1) is 14.3. The van der Waals surface area contributed by atoms with Crippen molar-refractivity contribution in [1.82, 2.24) is 4.98 Å². The highest BCUT2D eigenvalue weighted by Crippen LogP contribution is 2.36. The van der Waals surface area contributed by atoms with Gasteiger partial charge < -0.3 is 0 Å². The van der Waals surface area contributed by atoms with Crippen molar-refractivity contribution in [3.8, 4) is 0 Å². The fourth-order valence-corrected chi connectivity index (χ4v) is 3.33. The maximum absolute atomic E-state index is 6.27. The molecule has 0 aliphatic carbocycles. The average molecular weight is 410 g/mol. The maximum atomic E-state index is 6.27. The van der Waals surface area contributed by atoms with Crippen LogP contribution in [-0.4, -0.2) is 4.98 Å². The molecule has 1 heterocycles. The summed E-state index contributed by atoms with van der Waals surface area (Å²) in [6, 6.07) is 7.81. The SMILES string of the molecule is Clc1cnccc1CC(Br)c1cccc(Br)c1Cl. The third-order valence-electron chi connectivity index (χ3n) is 2.57. The van der Waals surface area contributed by atoms with E-state index in [2.05, 4.69) is 36.8 Å². The second kappa shape index (κ2) is 6.38. The topological polar surface area (TPSA) is 12.9 Å². The van der Waals surface area contributed by atoms with Gasteiger partial charge in [0.15, 0.2) is 0 Å². The van der Waals surface area contributed by atoms with Crippen LogP contribution in [-0.2, 0) is 6.42 Å². The molecule has 0 aliphatic rings. The maximum Gasteiger partial charge on any atom is 0.0621 e. The van der Waals surface area contributed by atoms with Gasteiger partial charge in [-0.25, -0.2) is 0 Å². The molecule has 1 nitrogen and oxygen atoms in total. The van der Waals surface area contributed by atoms with Crippen molar-refractivity contribution in [2.75, 3.05) is 0 Å². The second-order valence-electron chi connectivity index (χ2n) is 3.78. The van der Waals surface area contributed by atoms with Crippen LogP contribution in [0.15, 0.2) is 41.1 Å². The predicted molar refractivity (Wildman–Crippen MR) is 83.8 cm³/mol. The van der Waals surface area contributed by atoms with Crippen LogP contribution >= 0.6 is 55.1 Å². The number of hydrogen-bond acceptors (Lipinski definition) is 1. The fraction of sp³-hybridized carbons (Fsp3) is 0.154. The minimum atomic E-state index is 0.113. The van der Waals surface area contributed by atoms with Crippen LogP contribution in [0.2, 0.25) is 10.0 Å². The Balaban J connectivity index is 2.25. The van der Waals surface area contributed by atoms with Gasteiger partial charge in [-0.05, 0) is 45.6 Å². The molecule has 18 heavy (non-hydrogen) atoms. The summed E-state index contributed by atoms with van der Waals surface area (Å²) in [7, 11) is 0. The number of pyridine rings is 1. The van der Waals surface area contributed by atoms with Gasteiger partial charge in [0.25, 0.3) is 0 Å². The van der Waals surface area contributed by atoms with E-state index in [4.69, 9.17) is 23.2 Å². The third kappa shape index (κ3) is 3.27. The second-order valence-corrected chi connectivity index (χ2v) is 6.53. The first-order chi connectivity index (χ1) is 8.59. The summed E-state index contributed by atoms with van der Waals surface area (Å²) in [6.45, 7) is 0.